The Morgan fingerprint density at radius 1 is 1.27 bits per heavy atom. The molecule has 0 atom stereocenters. The Hall–Kier alpha value is -0.220. The number of rotatable bonds is 4. The fourth-order valence-electron chi connectivity index (χ4n) is 2.21. The Bertz CT molecular complexity index is 177. The average molecular weight is 220 g/mol. The molecule has 1 aliphatic rings. The lowest BCUT2D eigenvalue weighted by atomic mass is 10.0. The van der Waals surface area contributed by atoms with Crippen LogP contribution in [0.3, 0.4) is 0 Å². The van der Waals surface area contributed by atoms with Crippen LogP contribution in [0.25, 0.3) is 0 Å². The van der Waals surface area contributed by atoms with E-state index in [1.165, 1.54) is 0 Å². The van der Waals surface area contributed by atoms with Crippen molar-refractivity contribution in [3.8, 4) is 0 Å². The molecule has 0 N–H and O–H groups in total. The van der Waals surface area contributed by atoms with Gasteiger partial charge >= 0.3 is 0 Å². The van der Waals surface area contributed by atoms with Crippen LogP contribution >= 0.6 is 0 Å². The standard InChI is InChI=1S/C11H22F2N2/c1-9(2)15-6-4-10(5-7-15)14(3)8-11(12)13/h9-11H,4-8H2,1-3H3. The monoisotopic (exact) mass is 220 g/mol. The van der Waals surface area contributed by atoms with Gasteiger partial charge in [-0.05, 0) is 46.8 Å². The summed E-state index contributed by atoms with van der Waals surface area (Å²) in [6.45, 7) is 6.35. The second-order valence-electron chi connectivity index (χ2n) is 4.69. The maximum Gasteiger partial charge on any atom is 0.251 e. The van der Waals surface area contributed by atoms with E-state index in [1.807, 2.05) is 11.9 Å². The van der Waals surface area contributed by atoms with Crippen LogP contribution in [0.2, 0.25) is 0 Å². The van der Waals surface area contributed by atoms with Crippen LogP contribution in [0.1, 0.15) is 26.7 Å². The minimum atomic E-state index is -2.21. The molecule has 1 saturated heterocycles. The molecule has 1 fully saturated rings. The van der Waals surface area contributed by atoms with Gasteiger partial charge in [0.05, 0.1) is 6.54 Å². The van der Waals surface area contributed by atoms with Gasteiger partial charge in [0.2, 0.25) is 0 Å². The maximum absolute atomic E-state index is 12.2. The first-order valence-corrected chi connectivity index (χ1v) is 5.73. The lowest BCUT2D eigenvalue weighted by Crippen LogP contribution is -2.46. The zero-order chi connectivity index (χ0) is 11.4. The molecule has 0 unspecified atom stereocenters. The second-order valence-corrected chi connectivity index (χ2v) is 4.69. The first kappa shape index (κ1) is 12.8. The summed E-state index contributed by atoms with van der Waals surface area (Å²) in [6.07, 6.45) is -0.180. The number of halogens is 2. The third-order valence-electron chi connectivity index (χ3n) is 3.28. The summed E-state index contributed by atoms with van der Waals surface area (Å²) >= 11 is 0. The van der Waals surface area contributed by atoms with Gasteiger partial charge in [-0.3, -0.25) is 4.90 Å². The number of piperidine rings is 1. The van der Waals surface area contributed by atoms with Crippen LogP contribution in [0.5, 0.6) is 0 Å². The molecule has 0 aromatic heterocycles. The summed E-state index contributed by atoms with van der Waals surface area (Å²) in [6, 6.07) is 0.917. The Morgan fingerprint density at radius 2 is 1.80 bits per heavy atom. The number of likely N-dealkylation sites (tertiary alicyclic amines) is 1. The molecule has 0 aliphatic carbocycles. The molecule has 0 aromatic rings. The molecule has 4 heteroatoms. The summed E-state index contributed by atoms with van der Waals surface area (Å²) < 4.78 is 24.4. The topological polar surface area (TPSA) is 6.48 Å². The van der Waals surface area contributed by atoms with Gasteiger partial charge in [-0.1, -0.05) is 0 Å². The Morgan fingerprint density at radius 3 is 2.20 bits per heavy atom. The molecule has 0 spiro atoms. The van der Waals surface area contributed by atoms with Crippen LogP contribution < -0.4 is 0 Å². The Kier molecular flexibility index (Phi) is 4.93. The molecule has 1 heterocycles. The van der Waals surface area contributed by atoms with E-state index in [0.29, 0.717) is 12.1 Å². The molecular formula is C11H22F2N2. The molecule has 0 aromatic carbocycles. The molecule has 90 valence electrons. The molecule has 2 nitrogen and oxygen atoms in total. The normalized spacial score (nSPS) is 20.8. The maximum atomic E-state index is 12.2. The van der Waals surface area contributed by atoms with E-state index in [9.17, 15) is 8.78 Å². The molecule has 0 saturated carbocycles. The minimum absolute atomic E-state index is 0.0909. The van der Waals surface area contributed by atoms with Crippen LogP contribution in [-0.2, 0) is 0 Å². The minimum Gasteiger partial charge on any atom is -0.301 e. The summed E-state index contributed by atoms with van der Waals surface area (Å²) in [5.41, 5.74) is 0. The van der Waals surface area contributed by atoms with Crippen molar-refractivity contribution in [2.75, 3.05) is 26.7 Å². The summed E-state index contributed by atoms with van der Waals surface area (Å²) in [5, 5.41) is 0. The second kappa shape index (κ2) is 5.75. The molecule has 0 radical (unpaired) electrons. The van der Waals surface area contributed by atoms with Gasteiger partial charge in [-0.25, -0.2) is 8.78 Å². The number of hydrogen-bond acceptors (Lipinski definition) is 2. The quantitative estimate of drug-likeness (QED) is 0.715. The SMILES string of the molecule is CC(C)N1CCC(N(C)CC(F)F)CC1. The van der Waals surface area contributed by atoms with Crippen LogP contribution in [0, 0.1) is 0 Å². The van der Waals surface area contributed by atoms with Crippen molar-refractivity contribution in [3.63, 3.8) is 0 Å². The van der Waals surface area contributed by atoms with Crippen molar-refractivity contribution in [1.82, 2.24) is 9.80 Å². The highest BCUT2D eigenvalue weighted by molar-refractivity contribution is 4.79. The van der Waals surface area contributed by atoms with E-state index < -0.39 is 6.43 Å². The average Bonchev–Trinajstić information content (AvgIpc) is 2.17. The van der Waals surface area contributed by atoms with E-state index in [1.54, 1.807) is 0 Å². The van der Waals surface area contributed by atoms with Gasteiger partial charge in [0.1, 0.15) is 0 Å². The molecule has 1 aliphatic heterocycles. The fourth-order valence-corrected chi connectivity index (χ4v) is 2.21. The number of hydrogen-bond donors (Lipinski definition) is 0. The lowest BCUT2D eigenvalue weighted by Gasteiger charge is -2.38. The van der Waals surface area contributed by atoms with Gasteiger partial charge in [-0.15, -0.1) is 0 Å². The van der Waals surface area contributed by atoms with Crippen molar-refractivity contribution in [2.24, 2.45) is 0 Å². The molecule has 1 rings (SSSR count). The third kappa shape index (κ3) is 4.03. The van der Waals surface area contributed by atoms with Crippen molar-refractivity contribution in [1.29, 1.82) is 0 Å². The fraction of sp³-hybridized carbons (Fsp3) is 1.00. The van der Waals surface area contributed by atoms with Crippen molar-refractivity contribution < 1.29 is 8.78 Å². The van der Waals surface area contributed by atoms with Crippen molar-refractivity contribution >= 4 is 0 Å². The molecular weight excluding hydrogens is 198 g/mol. The lowest BCUT2D eigenvalue weighted by molar-refractivity contribution is 0.0520. The van der Waals surface area contributed by atoms with Gasteiger partial charge < -0.3 is 4.90 Å². The van der Waals surface area contributed by atoms with Gasteiger partial charge in [0.15, 0.2) is 0 Å². The summed E-state index contributed by atoms with van der Waals surface area (Å²) in [7, 11) is 1.81. The van der Waals surface area contributed by atoms with Crippen molar-refractivity contribution in [2.45, 2.75) is 45.2 Å². The largest absolute Gasteiger partial charge is 0.301 e. The predicted octanol–water partition coefficient (Wildman–Crippen LogP) is 2.06. The van der Waals surface area contributed by atoms with Crippen LogP contribution in [-0.4, -0.2) is 55.0 Å². The Balaban J connectivity index is 2.30. The van der Waals surface area contributed by atoms with Crippen LogP contribution in [0.4, 0.5) is 8.78 Å². The van der Waals surface area contributed by atoms with E-state index in [2.05, 4.69) is 18.7 Å². The van der Waals surface area contributed by atoms with Gasteiger partial charge in [0.25, 0.3) is 6.43 Å². The van der Waals surface area contributed by atoms with Crippen molar-refractivity contribution in [3.05, 3.63) is 0 Å². The molecule has 0 amide bonds. The predicted molar refractivity (Wildman–Crippen MR) is 58.4 cm³/mol. The Labute approximate surface area is 91.2 Å². The summed E-state index contributed by atoms with van der Waals surface area (Å²) in [4.78, 5) is 4.22. The third-order valence-corrected chi connectivity index (χ3v) is 3.28. The number of nitrogens with zero attached hydrogens (tertiary/aromatic N) is 2. The summed E-state index contributed by atoms with van der Waals surface area (Å²) in [5.74, 6) is 0. The van der Waals surface area contributed by atoms with E-state index in [0.717, 1.165) is 25.9 Å². The van der Waals surface area contributed by atoms with Crippen LogP contribution in [0.15, 0.2) is 0 Å². The van der Waals surface area contributed by atoms with Gasteiger partial charge in [-0.2, -0.15) is 0 Å². The first-order valence-electron chi connectivity index (χ1n) is 5.73. The first-order chi connectivity index (χ1) is 7.00. The van der Waals surface area contributed by atoms with E-state index in [4.69, 9.17) is 0 Å². The highest BCUT2D eigenvalue weighted by atomic mass is 19.3. The van der Waals surface area contributed by atoms with E-state index >= 15 is 0 Å². The van der Waals surface area contributed by atoms with Gasteiger partial charge in [0, 0.05) is 12.1 Å². The number of alkyl halides is 2. The smallest absolute Gasteiger partial charge is 0.251 e. The molecule has 0 bridgehead atoms. The zero-order valence-corrected chi connectivity index (χ0v) is 9.92. The zero-order valence-electron chi connectivity index (χ0n) is 9.92. The van der Waals surface area contributed by atoms with E-state index in [-0.39, 0.29) is 6.54 Å². The molecule has 15 heavy (non-hydrogen) atoms. The highest BCUT2D eigenvalue weighted by Gasteiger charge is 2.24. The highest BCUT2D eigenvalue weighted by Crippen LogP contribution is 2.17.